The van der Waals surface area contributed by atoms with Crippen LogP contribution in [0.15, 0.2) is 59.3 Å². The molecule has 0 bridgehead atoms. The molecule has 0 aliphatic carbocycles. The molecule has 5 rings (SSSR count). The Labute approximate surface area is 170 Å². The zero-order valence-electron chi connectivity index (χ0n) is 15.4. The average molecular weight is 408 g/mol. The lowest BCUT2D eigenvalue weighted by Crippen LogP contribution is -2.49. The van der Waals surface area contributed by atoms with E-state index in [0.29, 0.717) is 37.5 Å². The first-order valence-electron chi connectivity index (χ1n) is 9.28. The number of nitrogens with zero attached hydrogens (tertiary/aromatic N) is 4. The maximum absolute atomic E-state index is 13.6. The molecule has 0 N–H and O–H groups in total. The average Bonchev–Trinajstić information content (AvgIpc) is 3.40. The van der Waals surface area contributed by atoms with Crippen LogP contribution in [-0.2, 0) is 0 Å². The van der Waals surface area contributed by atoms with Crippen LogP contribution in [0.25, 0.3) is 21.5 Å². The van der Waals surface area contributed by atoms with Crippen molar-refractivity contribution in [2.75, 3.05) is 31.1 Å². The van der Waals surface area contributed by atoms with Crippen LogP contribution < -0.4 is 4.90 Å². The van der Waals surface area contributed by atoms with Gasteiger partial charge in [0.2, 0.25) is 0 Å². The van der Waals surface area contributed by atoms with Crippen molar-refractivity contribution in [1.29, 1.82) is 0 Å². The van der Waals surface area contributed by atoms with E-state index in [9.17, 15) is 9.18 Å². The molecule has 0 atom stereocenters. The lowest BCUT2D eigenvalue weighted by atomic mass is 10.1. The largest absolute Gasteiger partial charge is 0.443 e. The molecule has 1 fully saturated rings. The number of para-hydroxylation sites is 1. The van der Waals surface area contributed by atoms with Gasteiger partial charge in [-0.2, -0.15) is 0 Å². The minimum atomic E-state index is -0.387. The van der Waals surface area contributed by atoms with Crippen LogP contribution in [0.3, 0.4) is 0 Å². The van der Waals surface area contributed by atoms with E-state index in [0.717, 1.165) is 15.3 Å². The lowest BCUT2D eigenvalue weighted by Gasteiger charge is -2.34. The summed E-state index contributed by atoms with van der Waals surface area (Å²) in [7, 11) is 0. The van der Waals surface area contributed by atoms with E-state index in [4.69, 9.17) is 9.40 Å². The number of oxazole rings is 1. The summed E-state index contributed by atoms with van der Waals surface area (Å²) in [5.41, 5.74) is 1.70. The van der Waals surface area contributed by atoms with Crippen LogP contribution in [0.4, 0.5) is 9.52 Å². The van der Waals surface area contributed by atoms with E-state index in [1.54, 1.807) is 28.4 Å². The molecule has 1 saturated heterocycles. The van der Waals surface area contributed by atoms with E-state index in [2.05, 4.69) is 16.0 Å². The highest BCUT2D eigenvalue weighted by atomic mass is 32.1. The Balaban J connectivity index is 1.31. The van der Waals surface area contributed by atoms with Crippen LogP contribution >= 0.6 is 11.3 Å². The number of anilines is 1. The molecular weight excluding hydrogens is 391 g/mol. The lowest BCUT2D eigenvalue weighted by molar-refractivity contribution is 0.0742. The van der Waals surface area contributed by atoms with Crippen molar-refractivity contribution in [3.8, 4) is 11.3 Å². The third-order valence-corrected chi connectivity index (χ3v) is 6.07. The van der Waals surface area contributed by atoms with Crippen molar-refractivity contribution >= 4 is 32.6 Å². The third-order valence-electron chi connectivity index (χ3n) is 4.98. The molecule has 1 amide bonds. The fourth-order valence-electron chi connectivity index (χ4n) is 3.48. The molecule has 0 spiro atoms. The molecule has 3 heterocycles. The molecule has 1 aliphatic heterocycles. The van der Waals surface area contributed by atoms with Crippen LogP contribution in [0.2, 0.25) is 0 Å². The Kier molecular flexibility index (Phi) is 4.48. The summed E-state index contributed by atoms with van der Waals surface area (Å²) in [6.45, 7) is 2.51. The second kappa shape index (κ2) is 7.29. The smallest absolute Gasteiger partial charge is 0.276 e. The molecule has 2 aromatic heterocycles. The van der Waals surface area contributed by atoms with Gasteiger partial charge >= 0.3 is 0 Å². The van der Waals surface area contributed by atoms with Crippen LogP contribution in [0, 0.1) is 5.82 Å². The Morgan fingerprint density at radius 3 is 2.69 bits per heavy atom. The summed E-state index contributed by atoms with van der Waals surface area (Å²) >= 11 is 1.66. The van der Waals surface area contributed by atoms with E-state index in [1.165, 1.54) is 18.5 Å². The standard InChI is InChI=1S/C21H17FN4O2S/c22-15-5-3-4-14(12-15)19-18(23-13-28-19)20(27)25-8-10-26(11-9-25)21-24-16-6-1-2-7-17(16)29-21/h1-7,12-13H,8-11H2. The highest BCUT2D eigenvalue weighted by Crippen LogP contribution is 2.30. The normalized spacial score (nSPS) is 14.5. The first-order chi connectivity index (χ1) is 14.2. The fraction of sp³-hybridized carbons (Fsp3) is 0.190. The summed E-state index contributed by atoms with van der Waals surface area (Å²) < 4.78 is 20.1. The third kappa shape index (κ3) is 3.36. The predicted octanol–water partition coefficient (Wildman–Crippen LogP) is 4.05. The molecule has 0 saturated carbocycles. The summed E-state index contributed by atoms with van der Waals surface area (Å²) in [6, 6.07) is 14.0. The number of rotatable bonds is 3. The predicted molar refractivity (Wildman–Crippen MR) is 110 cm³/mol. The van der Waals surface area contributed by atoms with Gasteiger partial charge in [-0.15, -0.1) is 0 Å². The van der Waals surface area contributed by atoms with Gasteiger partial charge in [0, 0.05) is 31.7 Å². The SMILES string of the molecule is O=C(c1ncoc1-c1cccc(F)c1)N1CCN(c2nc3ccccc3s2)CC1. The quantitative estimate of drug-likeness (QED) is 0.512. The number of hydrogen-bond donors (Lipinski definition) is 0. The minimum Gasteiger partial charge on any atom is -0.443 e. The molecule has 1 aliphatic rings. The number of carbonyl (C=O) groups excluding carboxylic acids is 1. The molecule has 29 heavy (non-hydrogen) atoms. The van der Waals surface area contributed by atoms with Crippen molar-refractivity contribution < 1.29 is 13.6 Å². The number of piperazine rings is 1. The van der Waals surface area contributed by atoms with Gasteiger partial charge in [0.1, 0.15) is 5.82 Å². The highest BCUT2D eigenvalue weighted by Gasteiger charge is 2.28. The number of fused-ring (bicyclic) bond motifs is 1. The zero-order valence-corrected chi connectivity index (χ0v) is 16.2. The van der Waals surface area contributed by atoms with Crippen LogP contribution in [0.1, 0.15) is 10.5 Å². The second-order valence-corrected chi connectivity index (χ2v) is 7.79. The van der Waals surface area contributed by atoms with Gasteiger partial charge in [-0.25, -0.2) is 14.4 Å². The van der Waals surface area contributed by atoms with Gasteiger partial charge in [-0.1, -0.05) is 35.6 Å². The summed E-state index contributed by atoms with van der Waals surface area (Å²) in [5, 5.41) is 0.972. The van der Waals surface area contributed by atoms with E-state index in [-0.39, 0.29) is 17.4 Å². The summed E-state index contributed by atoms with van der Waals surface area (Å²) in [4.78, 5) is 25.8. The number of halogens is 1. The van der Waals surface area contributed by atoms with E-state index < -0.39 is 0 Å². The van der Waals surface area contributed by atoms with Gasteiger partial charge in [-0.05, 0) is 24.3 Å². The van der Waals surface area contributed by atoms with Crippen molar-refractivity contribution in [1.82, 2.24) is 14.9 Å². The highest BCUT2D eigenvalue weighted by molar-refractivity contribution is 7.22. The Morgan fingerprint density at radius 2 is 1.90 bits per heavy atom. The van der Waals surface area contributed by atoms with Gasteiger partial charge in [0.25, 0.3) is 5.91 Å². The Bertz CT molecular complexity index is 1150. The monoisotopic (exact) mass is 408 g/mol. The topological polar surface area (TPSA) is 62.5 Å². The maximum Gasteiger partial charge on any atom is 0.276 e. The Hall–Kier alpha value is -3.26. The van der Waals surface area contributed by atoms with Crippen molar-refractivity contribution in [3.63, 3.8) is 0 Å². The molecule has 4 aromatic rings. The number of amides is 1. The van der Waals surface area contributed by atoms with Gasteiger partial charge in [0.15, 0.2) is 23.0 Å². The molecule has 0 radical (unpaired) electrons. The number of carbonyl (C=O) groups is 1. The molecule has 6 nitrogen and oxygen atoms in total. The molecular formula is C21H17FN4O2S. The number of thiazole rings is 1. The van der Waals surface area contributed by atoms with Gasteiger partial charge < -0.3 is 14.2 Å². The second-order valence-electron chi connectivity index (χ2n) is 6.78. The number of hydrogen-bond acceptors (Lipinski definition) is 6. The maximum atomic E-state index is 13.6. The molecule has 0 unspecified atom stereocenters. The van der Waals surface area contributed by atoms with E-state index >= 15 is 0 Å². The Morgan fingerprint density at radius 1 is 1.07 bits per heavy atom. The summed E-state index contributed by atoms with van der Waals surface area (Å²) in [6.07, 6.45) is 1.23. The molecule has 8 heteroatoms. The minimum absolute atomic E-state index is 0.207. The molecule has 2 aromatic carbocycles. The van der Waals surface area contributed by atoms with Crippen molar-refractivity contribution in [2.24, 2.45) is 0 Å². The zero-order chi connectivity index (χ0) is 19.8. The van der Waals surface area contributed by atoms with Gasteiger partial charge in [-0.3, -0.25) is 4.79 Å². The molecule has 146 valence electrons. The van der Waals surface area contributed by atoms with Crippen molar-refractivity contribution in [2.45, 2.75) is 0 Å². The summed E-state index contributed by atoms with van der Waals surface area (Å²) in [5.74, 6) is -0.299. The van der Waals surface area contributed by atoms with Gasteiger partial charge in [0.05, 0.1) is 10.2 Å². The first-order valence-corrected chi connectivity index (χ1v) is 10.1. The van der Waals surface area contributed by atoms with Crippen LogP contribution in [-0.4, -0.2) is 47.0 Å². The van der Waals surface area contributed by atoms with Crippen LogP contribution in [0.5, 0.6) is 0 Å². The number of aromatic nitrogens is 2. The fourth-order valence-corrected chi connectivity index (χ4v) is 4.50. The number of benzene rings is 2. The van der Waals surface area contributed by atoms with E-state index in [1.807, 2.05) is 18.2 Å². The van der Waals surface area contributed by atoms with Crippen molar-refractivity contribution in [3.05, 3.63) is 66.4 Å². The first kappa shape index (κ1) is 17.8.